The van der Waals surface area contributed by atoms with Gasteiger partial charge in [-0.3, -0.25) is 9.98 Å². The van der Waals surface area contributed by atoms with Crippen LogP contribution in [0.15, 0.2) is 72.4 Å². The van der Waals surface area contributed by atoms with Crippen LogP contribution in [0.4, 0.5) is 0 Å². The molecular formula is C16H16N2. The topological polar surface area (TPSA) is 25.2 Å². The lowest BCUT2D eigenvalue weighted by atomic mass is 10.0. The fourth-order valence-electron chi connectivity index (χ4n) is 1.73. The van der Waals surface area contributed by atoms with Crippen molar-refractivity contribution in [1.82, 2.24) is 4.98 Å². The van der Waals surface area contributed by atoms with Gasteiger partial charge in [0.25, 0.3) is 0 Å². The molecule has 0 aliphatic carbocycles. The summed E-state index contributed by atoms with van der Waals surface area (Å²) in [4.78, 5) is 8.82. The molecule has 0 saturated heterocycles. The lowest BCUT2D eigenvalue weighted by Crippen LogP contribution is -1.95. The van der Waals surface area contributed by atoms with Crippen molar-refractivity contribution in [1.29, 1.82) is 0 Å². The van der Waals surface area contributed by atoms with Crippen LogP contribution >= 0.6 is 0 Å². The maximum absolute atomic E-state index is 4.60. The summed E-state index contributed by atoms with van der Waals surface area (Å²) in [6, 6.07) is 16.2. The highest BCUT2D eigenvalue weighted by Crippen LogP contribution is 2.20. The minimum absolute atomic E-state index is 0.116. The van der Waals surface area contributed by atoms with Crippen molar-refractivity contribution >= 4 is 6.21 Å². The van der Waals surface area contributed by atoms with Crippen LogP contribution in [0.5, 0.6) is 0 Å². The van der Waals surface area contributed by atoms with Gasteiger partial charge in [0.2, 0.25) is 0 Å². The monoisotopic (exact) mass is 236 g/mol. The van der Waals surface area contributed by atoms with Gasteiger partial charge in [-0.25, -0.2) is 0 Å². The summed E-state index contributed by atoms with van der Waals surface area (Å²) in [5, 5.41) is 0. The van der Waals surface area contributed by atoms with Crippen LogP contribution < -0.4 is 0 Å². The minimum Gasteiger partial charge on any atom is -0.283 e. The predicted octanol–water partition coefficient (Wildman–Crippen LogP) is 3.82. The Labute approximate surface area is 108 Å². The van der Waals surface area contributed by atoms with E-state index in [0.717, 1.165) is 12.1 Å². The predicted molar refractivity (Wildman–Crippen MR) is 75.8 cm³/mol. The molecule has 2 nitrogen and oxygen atoms in total. The van der Waals surface area contributed by atoms with Gasteiger partial charge in [-0.1, -0.05) is 42.5 Å². The molecule has 1 heterocycles. The zero-order chi connectivity index (χ0) is 12.6. The third-order valence-electron chi connectivity index (χ3n) is 2.65. The second kappa shape index (κ2) is 6.50. The molecule has 1 unspecified atom stereocenters. The van der Waals surface area contributed by atoms with Crippen LogP contribution in [0, 0.1) is 0 Å². The maximum atomic E-state index is 4.60. The Hall–Kier alpha value is -2.22. The van der Waals surface area contributed by atoms with Crippen LogP contribution in [0.3, 0.4) is 0 Å². The zero-order valence-electron chi connectivity index (χ0n) is 10.2. The molecule has 0 N–H and O–H groups in total. The molecule has 18 heavy (non-hydrogen) atoms. The molecule has 0 saturated carbocycles. The van der Waals surface area contributed by atoms with Gasteiger partial charge >= 0.3 is 0 Å². The van der Waals surface area contributed by atoms with E-state index in [4.69, 9.17) is 0 Å². The number of hydrogen-bond acceptors (Lipinski definition) is 2. The highest BCUT2D eigenvalue weighted by molar-refractivity contribution is 5.76. The molecule has 0 spiro atoms. The van der Waals surface area contributed by atoms with Gasteiger partial charge in [-0.05, 0) is 24.1 Å². The van der Waals surface area contributed by atoms with Crippen LogP contribution in [-0.4, -0.2) is 11.2 Å². The van der Waals surface area contributed by atoms with Gasteiger partial charge in [0.05, 0.1) is 11.7 Å². The van der Waals surface area contributed by atoms with E-state index >= 15 is 0 Å². The molecule has 1 aromatic heterocycles. The zero-order valence-corrected chi connectivity index (χ0v) is 10.2. The number of hydrogen-bond donors (Lipinski definition) is 0. The first-order valence-electron chi connectivity index (χ1n) is 6.00. The number of aromatic nitrogens is 1. The van der Waals surface area contributed by atoms with E-state index in [1.165, 1.54) is 5.56 Å². The van der Waals surface area contributed by atoms with Crippen molar-refractivity contribution in [3.8, 4) is 0 Å². The highest BCUT2D eigenvalue weighted by atomic mass is 14.8. The first-order valence-corrected chi connectivity index (χ1v) is 6.00. The normalized spacial score (nSPS) is 12.4. The lowest BCUT2D eigenvalue weighted by molar-refractivity contribution is 0.748. The van der Waals surface area contributed by atoms with Crippen molar-refractivity contribution in [2.24, 2.45) is 4.99 Å². The second-order valence-corrected chi connectivity index (χ2v) is 3.98. The van der Waals surface area contributed by atoms with Gasteiger partial charge in [-0.2, -0.15) is 0 Å². The third kappa shape index (κ3) is 3.39. The molecule has 2 heteroatoms. The van der Waals surface area contributed by atoms with Crippen LogP contribution in [0.1, 0.15) is 23.7 Å². The molecule has 1 aromatic carbocycles. The van der Waals surface area contributed by atoms with Crippen molar-refractivity contribution in [2.45, 2.75) is 12.5 Å². The Morgan fingerprint density at radius 2 is 1.89 bits per heavy atom. The Kier molecular flexibility index (Phi) is 4.42. The first-order chi connectivity index (χ1) is 8.90. The first kappa shape index (κ1) is 12.2. The molecule has 1 atom stereocenters. The molecule has 2 rings (SSSR count). The van der Waals surface area contributed by atoms with Crippen molar-refractivity contribution < 1.29 is 0 Å². The van der Waals surface area contributed by atoms with Gasteiger partial charge < -0.3 is 0 Å². The van der Waals surface area contributed by atoms with E-state index in [9.17, 15) is 0 Å². The molecule has 90 valence electrons. The molecular weight excluding hydrogens is 220 g/mol. The summed E-state index contributed by atoms with van der Waals surface area (Å²) < 4.78 is 0. The SMILES string of the molecule is C=CCC(N=Cc1ccccn1)c1ccccc1. The number of pyridine rings is 1. The van der Waals surface area contributed by atoms with Crippen LogP contribution in [0.2, 0.25) is 0 Å². The molecule has 0 fully saturated rings. The highest BCUT2D eigenvalue weighted by Gasteiger charge is 2.06. The van der Waals surface area contributed by atoms with Crippen molar-refractivity contribution in [3.05, 3.63) is 78.6 Å². The molecule has 0 amide bonds. The second-order valence-electron chi connectivity index (χ2n) is 3.98. The van der Waals surface area contributed by atoms with Crippen LogP contribution in [0.25, 0.3) is 0 Å². The number of nitrogens with zero attached hydrogens (tertiary/aromatic N) is 2. The van der Waals surface area contributed by atoms with Gasteiger partial charge in [-0.15, -0.1) is 6.58 Å². The standard InChI is InChI=1S/C16H16N2/c1-2-8-16(14-9-4-3-5-10-14)18-13-15-11-6-7-12-17-15/h2-7,9-13,16H,1,8H2. The Balaban J connectivity index is 2.17. The number of aliphatic imine (C=N–C) groups is 1. The number of benzene rings is 1. The average Bonchev–Trinajstić information content (AvgIpc) is 2.45. The largest absolute Gasteiger partial charge is 0.283 e. The quantitative estimate of drug-likeness (QED) is 0.572. The maximum Gasteiger partial charge on any atom is 0.0808 e. The van der Waals surface area contributed by atoms with Crippen LogP contribution in [-0.2, 0) is 0 Å². The Morgan fingerprint density at radius 1 is 1.11 bits per heavy atom. The molecule has 0 aliphatic heterocycles. The average molecular weight is 236 g/mol. The van der Waals surface area contributed by atoms with E-state index in [2.05, 4.69) is 28.7 Å². The van der Waals surface area contributed by atoms with Crippen molar-refractivity contribution in [3.63, 3.8) is 0 Å². The molecule has 0 bridgehead atoms. The lowest BCUT2D eigenvalue weighted by Gasteiger charge is -2.09. The molecule has 0 aliphatic rings. The fourth-order valence-corrected chi connectivity index (χ4v) is 1.73. The van der Waals surface area contributed by atoms with Gasteiger partial charge in [0.15, 0.2) is 0 Å². The summed E-state index contributed by atoms with van der Waals surface area (Å²) in [6.45, 7) is 3.79. The van der Waals surface area contributed by atoms with E-state index in [1.807, 2.05) is 48.7 Å². The van der Waals surface area contributed by atoms with E-state index in [1.54, 1.807) is 6.20 Å². The molecule has 2 aromatic rings. The van der Waals surface area contributed by atoms with E-state index in [0.29, 0.717) is 0 Å². The van der Waals surface area contributed by atoms with E-state index < -0.39 is 0 Å². The smallest absolute Gasteiger partial charge is 0.0808 e. The Morgan fingerprint density at radius 3 is 2.56 bits per heavy atom. The van der Waals surface area contributed by atoms with Crippen molar-refractivity contribution in [2.75, 3.05) is 0 Å². The minimum atomic E-state index is 0.116. The van der Waals surface area contributed by atoms with Gasteiger partial charge in [0.1, 0.15) is 0 Å². The summed E-state index contributed by atoms with van der Waals surface area (Å²) in [5.41, 5.74) is 2.08. The molecule has 0 radical (unpaired) electrons. The summed E-state index contributed by atoms with van der Waals surface area (Å²) in [5.74, 6) is 0. The summed E-state index contributed by atoms with van der Waals surface area (Å²) in [7, 11) is 0. The third-order valence-corrected chi connectivity index (χ3v) is 2.65. The summed E-state index contributed by atoms with van der Waals surface area (Å²) in [6.07, 6.45) is 6.31. The van der Waals surface area contributed by atoms with Gasteiger partial charge in [0, 0.05) is 12.4 Å². The fraction of sp³-hybridized carbons (Fsp3) is 0.125. The number of rotatable bonds is 5. The summed E-state index contributed by atoms with van der Waals surface area (Å²) >= 11 is 0. The van der Waals surface area contributed by atoms with E-state index in [-0.39, 0.29) is 6.04 Å². The Bertz CT molecular complexity index is 503.